The molecular weight excluding hydrogens is 466 g/mol. The number of carbonyl (C=O) groups is 1. The van der Waals surface area contributed by atoms with Crippen LogP contribution in [0, 0.1) is 6.92 Å². The van der Waals surface area contributed by atoms with Crippen LogP contribution in [0.2, 0.25) is 5.02 Å². The summed E-state index contributed by atoms with van der Waals surface area (Å²) in [6, 6.07) is 25.2. The van der Waals surface area contributed by atoms with E-state index in [0.29, 0.717) is 27.0 Å². The largest absolute Gasteiger partial charge is 0.339 e. The molecule has 5 rings (SSSR count). The molecule has 0 unspecified atom stereocenters. The molecule has 6 nitrogen and oxygen atoms in total. The minimum Gasteiger partial charge on any atom is -0.339 e. The first-order chi connectivity index (χ1) is 16.6. The van der Waals surface area contributed by atoms with E-state index in [-0.39, 0.29) is 5.91 Å². The van der Waals surface area contributed by atoms with Gasteiger partial charge >= 0.3 is 0 Å². The topological polar surface area (TPSA) is 75.1 Å². The lowest BCUT2D eigenvalue weighted by atomic mass is 10.1. The van der Waals surface area contributed by atoms with Crippen LogP contribution in [-0.2, 0) is 0 Å². The van der Waals surface area contributed by atoms with E-state index in [1.807, 2.05) is 95.7 Å². The number of nitrogens with zero attached hydrogens (tertiary/aromatic N) is 3. The summed E-state index contributed by atoms with van der Waals surface area (Å²) < 4.78 is 2.05. The Labute approximate surface area is 205 Å². The van der Waals surface area contributed by atoms with Crippen molar-refractivity contribution in [2.75, 3.05) is 5.32 Å². The number of amides is 1. The van der Waals surface area contributed by atoms with Crippen molar-refractivity contribution in [3.8, 4) is 16.9 Å². The third-order valence-corrected chi connectivity index (χ3v) is 6.30. The van der Waals surface area contributed by atoms with Gasteiger partial charge in [-0.25, -0.2) is 4.98 Å². The SMILES string of the molecule is Cc1ccc(NC(=O)c2[nH]cnc2/N=c2\scc(-c3ccc(Cl)cc3)n2-c2ccccc2)cc1. The first-order valence-electron chi connectivity index (χ1n) is 10.6. The van der Waals surface area contributed by atoms with Crippen LogP contribution in [0.1, 0.15) is 16.1 Å². The van der Waals surface area contributed by atoms with Gasteiger partial charge < -0.3 is 10.3 Å². The van der Waals surface area contributed by atoms with Crippen molar-refractivity contribution < 1.29 is 4.79 Å². The fourth-order valence-electron chi connectivity index (χ4n) is 3.50. The molecule has 0 spiro atoms. The van der Waals surface area contributed by atoms with Crippen molar-refractivity contribution in [1.82, 2.24) is 14.5 Å². The molecule has 0 aliphatic carbocycles. The van der Waals surface area contributed by atoms with E-state index in [2.05, 4.69) is 15.3 Å². The summed E-state index contributed by atoms with van der Waals surface area (Å²) in [5, 5.41) is 5.61. The van der Waals surface area contributed by atoms with Gasteiger partial charge in [0.2, 0.25) is 0 Å². The van der Waals surface area contributed by atoms with Crippen LogP contribution in [0.5, 0.6) is 0 Å². The third-order valence-electron chi connectivity index (χ3n) is 5.22. The van der Waals surface area contributed by atoms with Crippen molar-refractivity contribution >= 4 is 40.4 Å². The zero-order chi connectivity index (χ0) is 23.5. The number of nitrogens with one attached hydrogen (secondary N) is 2. The Morgan fingerprint density at radius 1 is 1.03 bits per heavy atom. The molecule has 168 valence electrons. The maximum Gasteiger partial charge on any atom is 0.276 e. The van der Waals surface area contributed by atoms with Gasteiger partial charge in [-0.2, -0.15) is 4.99 Å². The molecule has 0 bridgehead atoms. The number of H-pyrrole nitrogens is 1. The van der Waals surface area contributed by atoms with Gasteiger partial charge in [0.1, 0.15) is 0 Å². The van der Waals surface area contributed by atoms with E-state index in [0.717, 1.165) is 22.5 Å². The van der Waals surface area contributed by atoms with Gasteiger partial charge in [0, 0.05) is 21.8 Å². The molecule has 0 saturated heterocycles. The molecule has 2 N–H and O–H groups in total. The maximum atomic E-state index is 12.9. The number of hydrogen-bond donors (Lipinski definition) is 2. The van der Waals surface area contributed by atoms with Crippen molar-refractivity contribution in [3.63, 3.8) is 0 Å². The van der Waals surface area contributed by atoms with Crippen LogP contribution in [0.4, 0.5) is 11.5 Å². The Morgan fingerprint density at radius 3 is 2.50 bits per heavy atom. The van der Waals surface area contributed by atoms with Crippen molar-refractivity contribution in [2.45, 2.75) is 6.92 Å². The molecule has 1 amide bonds. The van der Waals surface area contributed by atoms with Gasteiger partial charge in [0.05, 0.1) is 12.0 Å². The van der Waals surface area contributed by atoms with E-state index < -0.39 is 0 Å². The summed E-state index contributed by atoms with van der Waals surface area (Å²) in [4.78, 5) is 25.6. The Bertz CT molecular complexity index is 1500. The molecule has 0 saturated carbocycles. The van der Waals surface area contributed by atoms with Crippen LogP contribution in [0.25, 0.3) is 16.9 Å². The van der Waals surface area contributed by atoms with Crippen molar-refractivity contribution in [3.05, 3.63) is 112 Å². The molecule has 0 fully saturated rings. The number of carbonyl (C=O) groups excluding carboxylic acids is 1. The smallest absolute Gasteiger partial charge is 0.276 e. The molecular formula is C26H20ClN5OS. The lowest BCUT2D eigenvalue weighted by molar-refractivity contribution is 0.102. The number of hydrogen-bond acceptors (Lipinski definition) is 4. The highest BCUT2D eigenvalue weighted by Gasteiger charge is 2.16. The van der Waals surface area contributed by atoms with Crippen molar-refractivity contribution in [2.24, 2.45) is 4.99 Å². The van der Waals surface area contributed by atoms with E-state index in [4.69, 9.17) is 16.6 Å². The van der Waals surface area contributed by atoms with Crippen LogP contribution in [-0.4, -0.2) is 20.4 Å². The number of thiazole rings is 1. The summed E-state index contributed by atoms with van der Waals surface area (Å²) in [6.45, 7) is 2.00. The number of rotatable bonds is 5. The van der Waals surface area contributed by atoms with Gasteiger partial charge in [0.25, 0.3) is 5.91 Å². The maximum absolute atomic E-state index is 12.9. The number of halogens is 1. The van der Waals surface area contributed by atoms with Gasteiger partial charge in [-0.1, -0.05) is 59.6 Å². The molecule has 8 heteroatoms. The summed E-state index contributed by atoms with van der Waals surface area (Å²) in [5.41, 5.74) is 5.04. The molecule has 34 heavy (non-hydrogen) atoms. The summed E-state index contributed by atoms with van der Waals surface area (Å²) in [7, 11) is 0. The first-order valence-corrected chi connectivity index (χ1v) is 11.8. The highest BCUT2D eigenvalue weighted by Crippen LogP contribution is 2.26. The van der Waals surface area contributed by atoms with Gasteiger partial charge in [-0.3, -0.25) is 9.36 Å². The summed E-state index contributed by atoms with van der Waals surface area (Å²) in [5.74, 6) is 0.0136. The Morgan fingerprint density at radius 2 is 1.76 bits per heavy atom. The lowest BCUT2D eigenvalue weighted by Crippen LogP contribution is -2.15. The van der Waals surface area contributed by atoms with Crippen LogP contribution in [0.15, 0.2) is 95.6 Å². The zero-order valence-corrected chi connectivity index (χ0v) is 19.8. The van der Waals surface area contributed by atoms with Gasteiger partial charge in [0.15, 0.2) is 16.3 Å². The highest BCUT2D eigenvalue weighted by molar-refractivity contribution is 7.07. The van der Waals surface area contributed by atoms with E-state index in [1.54, 1.807) is 0 Å². The van der Waals surface area contributed by atoms with E-state index in [9.17, 15) is 4.79 Å². The number of aromatic nitrogens is 3. The molecule has 2 heterocycles. The predicted molar refractivity (Wildman–Crippen MR) is 137 cm³/mol. The van der Waals surface area contributed by atoms with E-state index >= 15 is 0 Å². The van der Waals surface area contributed by atoms with Crippen molar-refractivity contribution in [1.29, 1.82) is 0 Å². The minimum atomic E-state index is -0.305. The normalized spacial score (nSPS) is 11.5. The molecule has 0 aliphatic rings. The number of anilines is 1. The van der Waals surface area contributed by atoms with E-state index in [1.165, 1.54) is 17.7 Å². The van der Waals surface area contributed by atoms with Gasteiger partial charge in [-0.05, 0) is 48.9 Å². The Hall–Kier alpha value is -3.94. The molecule has 3 aromatic carbocycles. The molecule has 0 atom stereocenters. The lowest BCUT2D eigenvalue weighted by Gasteiger charge is -2.09. The number of imidazole rings is 1. The minimum absolute atomic E-state index is 0.293. The zero-order valence-electron chi connectivity index (χ0n) is 18.2. The van der Waals surface area contributed by atoms with Crippen LogP contribution >= 0.6 is 22.9 Å². The second-order valence-electron chi connectivity index (χ2n) is 7.61. The second kappa shape index (κ2) is 9.51. The average Bonchev–Trinajstić information content (AvgIpc) is 3.49. The molecule has 0 aliphatic heterocycles. The fraction of sp³-hybridized carbons (Fsp3) is 0.0385. The van der Waals surface area contributed by atoms with Gasteiger partial charge in [-0.15, -0.1) is 11.3 Å². The summed E-state index contributed by atoms with van der Waals surface area (Å²) >= 11 is 7.57. The number of benzene rings is 3. The highest BCUT2D eigenvalue weighted by atomic mass is 35.5. The predicted octanol–water partition coefficient (Wildman–Crippen LogP) is 6.38. The number of aromatic amines is 1. The summed E-state index contributed by atoms with van der Waals surface area (Å²) in [6.07, 6.45) is 1.48. The molecule has 2 aromatic heterocycles. The first kappa shape index (κ1) is 21.9. The molecule has 0 radical (unpaired) electrons. The monoisotopic (exact) mass is 485 g/mol. The number of para-hydroxylation sites is 1. The fourth-order valence-corrected chi connectivity index (χ4v) is 4.53. The second-order valence-corrected chi connectivity index (χ2v) is 8.89. The quantitative estimate of drug-likeness (QED) is 0.303. The average molecular weight is 486 g/mol. The van der Waals surface area contributed by atoms with Crippen LogP contribution in [0.3, 0.4) is 0 Å². The Balaban J connectivity index is 1.57. The number of aryl methyl sites for hydroxylation is 1. The third kappa shape index (κ3) is 4.57. The Kier molecular flexibility index (Phi) is 6.12. The molecule has 5 aromatic rings. The standard InChI is InChI=1S/C26H20ClN5OS/c1-17-7-13-20(14-8-17)30-25(33)23-24(29-16-28-23)31-26-32(21-5-3-2-4-6-21)22(15-34-26)18-9-11-19(27)12-10-18/h2-16H,1H3,(H,28,29)(H,30,33)/b31-26-. The van der Waals surface area contributed by atoms with Crippen LogP contribution < -0.4 is 10.1 Å².